The van der Waals surface area contributed by atoms with Crippen LogP contribution in [0.4, 0.5) is 10.1 Å². The number of hydrogen-bond acceptors (Lipinski definition) is 4. The van der Waals surface area contributed by atoms with Gasteiger partial charge in [-0.1, -0.05) is 23.7 Å². The van der Waals surface area contributed by atoms with Crippen LogP contribution >= 0.6 is 11.6 Å². The molecule has 0 aliphatic rings. The summed E-state index contributed by atoms with van der Waals surface area (Å²) in [6.07, 6.45) is 1.50. The quantitative estimate of drug-likeness (QED) is 0.805. The minimum absolute atomic E-state index is 0.299. The predicted molar refractivity (Wildman–Crippen MR) is 77.9 cm³/mol. The van der Waals surface area contributed by atoms with Crippen molar-refractivity contribution in [2.45, 2.75) is 6.54 Å². The highest BCUT2D eigenvalue weighted by Gasteiger charge is 2.07. The maximum absolute atomic E-state index is 13.7. The molecule has 106 valence electrons. The molecule has 0 unspecified atom stereocenters. The summed E-state index contributed by atoms with van der Waals surface area (Å²) in [6, 6.07) is 12.0. The highest BCUT2D eigenvalue weighted by molar-refractivity contribution is 6.30. The van der Waals surface area contributed by atoms with Crippen LogP contribution in [0.15, 0.2) is 48.8 Å². The minimum Gasteiger partial charge on any atom is -0.379 e. The fraction of sp³-hybridized carbons (Fsp3) is 0.0714. The second-order valence-electron chi connectivity index (χ2n) is 4.36. The molecule has 1 aromatic heterocycles. The molecule has 0 radical (unpaired) electrons. The van der Waals surface area contributed by atoms with Gasteiger partial charge in [0.1, 0.15) is 12.1 Å². The normalized spacial score (nSPS) is 10.6. The summed E-state index contributed by atoms with van der Waals surface area (Å²) in [4.78, 5) is 0. The van der Waals surface area contributed by atoms with Gasteiger partial charge in [0.2, 0.25) is 0 Å². The Hall–Kier alpha value is -2.47. The standard InChI is InChI=1S/C14H11ClFN5/c15-11-5-6-12(16)10(7-11)8-17-13-3-1-2-4-14(13)21-9-18-19-20-21/h1-7,9,17H,8H2. The second kappa shape index (κ2) is 5.88. The van der Waals surface area contributed by atoms with Crippen molar-refractivity contribution in [1.29, 1.82) is 0 Å². The maximum atomic E-state index is 13.7. The van der Waals surface area contributed by atoms with E-state index in [1.54, 1.807) is 6.07 Å². The minimum atomic E-state index is -0.299. The third-order valence-electron chi connectivity index (χ3n) is 2.98. The van der Waals surface area contributed by atoms with Crippen LogP contribution in [0.2, 0.25) is 5.02 Å². The van der Waals surface area contributed by atoms with Gasteiger partial charge in [-0.3, -0.25) is 0 Å². The summed E-state index contributed by atoms with van der Waals surface area (Å²) in [7, 11) is 0. The fourth-order valence-corrected chi connectivity index (χ4v) is 2.16. The van der Waals surface area contributed by atoms with Crippen LogP contribution in [-0.4, -0.2) is 20.2 Å². The van der Waals surface area contributed by atoms with Crippen molar-refractivity contribution in [2.75, 3.05) is 5.32 Å². The molecule has 7 heteroatoms. The molecule has 3 rings (SSSR count). The lowest BCUT2D eigenvalue weighted by Gasteiger charge is -2.11. The van der Waals surface area contributed by atoms with E-state index in [0.29, 0.717) is 17.1 Å². The Balaban J connectivity index is 1.84. The number of rotatable bonds is 4. The first-order chi connectivity index (χ1) is 10.2. The van der Waals surface area contributed by atoms with E-state index < -0.39 is 0 Å². The summed E-state index contributed by atoms with van der Waals surface area (Å²) in [5, 5.41) is 14.7. The van der Waals surface area contributed by atoms with Gasteiger partial charge in [0.05, 0.1) is 11.4 Å². The maximum Gasteiger partial charge on any atom is 0.143 e. The number of para-hydroxylation sites is 2. The Morgan fingerprint density at radius 3 is 2.86 bits per heavy atom. The Bertz CT molecular complexity index is 745. The van der Waals surface area contributed by atoms with Gasteiger partial charge < -0.3 is 5.32 Å². The number of nitrogens with one attached hydrogen (secondary N) is 1. The number of hydrogen-bond donors (Lipinski definition) is 1. The average molecular weight is 304 g/mol. The number of aromatic nitrogens is 4. The van der Waals surface area contributed by atoms with Crippen molar-refractivity contribution in [2.24, 2.45) is 0 Å². The molecule has 0 aliphatic carbocycles. The molecule has 0 aliphatic heterocycles. The third kappa shape index (κ3) is 3.00. The first kappa shape index (κ1) is 13.5. The van der Waals surface area contributed by atoms with Crippen molar-refractivity contribution >= 4 is 17.3 Å². The molecular weight excluding hydrogens is 293 g/mol. The fourth-order valence-electron chi connectivity index (χ4n) is 1.96. The molecule has 1 N–H and O–H groups in total. The van der Waals surface area contributed by atoms with Crippen LogP contribution in [0.25, 0.3) is 5.69 Å². The zero-order valence-corrected chi connectivity index (χ0v) is 11.6. The second-order valence-corrected chi connectivity index (χ2v) is 4.80. The lowest BCUT2D eigenvalue weighted by molar-refractivity contribution is 0.613. The van der Waals surface area contributed by atoms with E-state index in [4.69, 9.17) is 11.6 Å². The van der Waals surface area contributed by atoms with Crippen molar-refractivity contribution < 1.29 is 4.39 Å². The highest BCUT2D eigenvalue weighted by Crippen LogP contribution is 2.21. The molecule has 0 saturated heterocycles. The Morgan fingerprint density at radius 1 is 1.19 bits per heavy atom. The summed E-state index contributed by atoms with van der Waals surface area (Å²) in [5.74, 6) is -0.299. The van der Waals surface area contributed by atoms with Gasteiger partial charge >= 0.3 is 0 Å². The Morgan fingerprint density at radius 2 is 2.05 bits per heavy atom. The number of benzene rings is 2. The Kier molecular flexibility index (Phi) is 3.79. The monoisotopic (exact) mass is 303 g/mol. The predicted octanol–water partition coefficient (Wildman–Crippen LogP) is 3.07. The lowest BCUT2D eigenvalue weighted by Crippen LogP contribution is -2.06. The van der Waals surface area contributed by atoms with E-state index in [0.717, 1.165) is 11.4 Å². The van der Waals surface area contributed by atoms with E-state index in [1.165, 1.54) is 23.1 Å². The molecule has 1 heterocycles. The molecule has 0 spiro atoms. The molecule has 2 aromatic carbocycles. The topological polar surface area (TPSA) is 55.6 Å². The van der Waals surface area contributed by atoms with Crippen molar-refractivity contribution in [1.82, 2.24) is 20.2 Å². The summed E-state index contributed by atoms with van der Waals surface area (Å²) >= 11 is 5.89. The van der Waals surface area contributed by atoms with E-state index in [9.17, 15) is 4.39 Å². The number of nitrogens with zero attached hydrogens (tertiary/aromatic N) is 4. The summed E-state index contributed by atoms with van der Waals surface area (Å²) < 4.78 is 15.2. The van der Waals surface area contributed by atoms with Gasteiger partial charge in [-0.25, -0.2) is 4.39 Å². The molecule has 0 atom stereocenters. The molecule has 0 saturated carbocycles. The smallest absolute Gasteiger partial charge is 0.143 e. The zero-order valence-electron chi connectivity index (χ0n) is 10.9. The van der Waals surface area contributed by atoms with E-state index in [1.807, 2.05) is 24.3 Å². The molecular formula is C14H11ClFN5. The van der Waals surface area contributed by atoms with Crippen LogP contribution in [0.1, 0.15) is 5.56 Å². The van der Waals surface area contributed by atoms with E-state index in [-0.39, 0.29) is 5.82 Å². The molecule has 5 nitrogen and oxygen atoms in total. The molecule has 0 amide bonds. The van der Waals surface area contributed by atoms with Crippen LogP contribution in [0.3, 0.4) is 0 Å². The van der Waals surface area contributed by atoms with Crippen molar-refractivity contribution in [3.05, 3.63) is 65.2 Å². The van der Waals surface area contributed by atoms with Gasteiger partial charge in [0.15, 0.2) is 0 Å². The van der Waals surface area contributed by atoms with E-state index >= 15 is 0 Å². The number of halogens is 2. The summed E-state index contributed by atoms with van der Waals surface area (Å²) in [5.41, 5.74) is 2.07. The first-order valence-electron chi connectivity index (χ1n) is 6.24. The summed E-state index contributed by atoms with van der Waals surface area (Å²) in [6.45, 7) is 0.311. The van der Waals surface area contributed by atoms with Gasteiger partial charge in [-0.15, -0.1) is 5.10 Å². The van der Waals surface area contributed by atoms with Gasteiger partial charge in [0, 0.05) is 17.1 Å². The van der Waals surface area contributed by atoms with Crippen molar-refractivity contribution in [3.63, 3.8) is 0 Å². The number of tetrazole rings is 1. The highest BCUT2D eigenvalue weighted by atomic mass is 35.5. The zero-order chi connectivity index (χ0) is 14.7. The largest absolute Gasteiger partial charge is 0.379 e. The first-order valence-corrected chi connectivity index (χ1v) is 6.62. The van der Waals surface area contributed by atoms with Crippen LogP contribution < -0.4 is 5.32 Å². The third-order valence-corrected chi connectivity index (χ3v) is 3.21. The molecule has 0 bridgehead atoms. The molecule has 0 fully saturated rings. The van der Waals surface area contributed by atoms with Gasteiger partial charge in [0.25, 0.3) is 0 Å². The van der Waals surface area contributed by atoms with Gasteiger partial charge in [-0.05, 0) is 40.8 Å². The average Bonchev–Trinajstić information content (AvgIpc) is 3.03. The van der Waals surface area contributed by atoms with E-state index in [2.05, 4.69) is 20.8 Å². The van der Waals surface area contributed by atoms with Crippen LogP contribution in [-0.2, 0) is 6.54 Å². The molecule has 21 heavy (non-hydrogen) atoms. The van der Waals surface area contributed by atoms with Crippen LogP contribution in [0.5, 0.6) is 0 Å². The van der Waals surface area contributed by atoms with Crippen molar-refractivity contribution in [3.8, 4) is 5.69 Å². The van der Waals surface area contributed by atoms with Crippen LogP contribution in [0, 0.1) is 5.82 Å². The number of anilines is 1. The molecule has 3 aromatic rings. The lowest BCUT2D eigenvalue weighted by atomic mass is 10.2. The Labute approximate surface area is 125 Å². The van der Waals surface area contributed by atoms with Gasteiger partial charge in [-0.2, -0.15) is 4.68 Å². The SMILES string of the molecule is Fc1ccc(Cl)cc1CNc1ccccc1-n1cnnn1.